The Morgan fingerprint density at radius 2 is 1.82 bits per heavy atom. The zero-order valence-corrected chi connectivity index (χ0v) is 18.0. The number of carbonyl (C=O) groups is 1. The first-order chi connectivity index (χ1) is 13.3. The van der Waals surface area contributed by atoms with Crippen LogP contribution in [-0.2, 0) is 4.79 Å². The summed E-state index contributed by atoms with van der Waals surface area (Å²) in [7, 11) is 0. The van der Waals surface area contributed by atoms with Crippen LogP contribution in [0.15, 0.2) is 22.7 Å². The van der Waals surface area contributed by atoms with Crippen LogP contribution >= 0.6 is 15.9 Å². The van der Waals surface area contributed by atoms with Crippen LogP contribution < -0.4 is 10.2 Å². The van der Waals surface area contributed by atoms with Gasteiger partial charge in [-0.3, -0.25) is 4.79 Å². The van der Waals surface area contributed by atoms with E-state index in [-0.39, 0.29) is 11.9 Å². The molecule has 1 amide bonds. The van der Waals surface area contributed by atoms with E-state index in [1.54, 1.807) is 4.52 Å². The third kappa shape index (κ3) is 3.37. The molecule has 3 heterocycles. The number of carbonyl (C=O) groups excluding carboxylic acids is 1. The van der Waals surface area contributed by atoms with Crippen molar-refractivity contribution < 1.29 is 4.79 Å². The van der Waals surface area contributed by atoms with Gasteiger partial charge in [0.25, 0.3) is 5.78 Å². The van der Waals surface area contributed by atoms with Gasteiger partial charge in [-0.2, -0.15) is 9.50 Å². The Morgan fingerprint density at radius 3 is 2.54 bits per heavy atom. The molecule has 28 heavy (non-hydrogen) atoms. The summed E-state index contributed by atoms with van der Waals surface area (Å²) in [6.45, 7) is 8.57. The Kier molecular flexibility index (Phi) is 4.82. The summed E-state index contributed by atoms with van der Waals surface area (Å²) in [4.78, 5) is 24.0. The van der Waals surface area contributed by atoms with Crippen LogP contribution in [0.4, 0.5) is 11.5 Å². The molecule has 2 aromatic heterocycles. The molecule has 8 heteroatoms. The number of aryl methyl sites for hydroxylation is 4. The SMILES string of the molecule is Cc1cc(NC2CCCN(c3c(C)cc(Br)cc3C)C2=O)n2nc(C)nc2n1. The fraction of sp³-hybridized carbons (Fsp3) is 0.400. The highest BCUT2D eigenvalue weighted by atomic mass is 79.9. The molecule has 1 aliphatic rings. The normalized spacial score (nSPS) is 17.4. The third-order valence-corrected chi connectivity index (χ3v) is 5.49. The molecule has 4 rings (SSSR count). The summed E-state index contributed by atoms with van der Waals surface area (Å²) < 4.78 is 2.70. The van der Waals surface area contributed by atoms with E-state index in [1.807, 2.05) is 38.7 Å². The predicted octanol–water partition coefficient (Wildman–Crippen LogP) is 3.73. The van der Waals surface area contributed by atoms with E-state index in [4.69, 9.17) is 0 Å². The highest BCUT2D eigenvalue weighted by molar-refractivity contribution is 9.10. The molecule has 0 spiro atoms. The second kappa shape index (κ2) is 7.16. The minimum atomic E-state index is -0.314. The van der Waals surface area contributed by atoms with Gasteiger partial charge in [0.15, 0.2) is 0 Å². The van der Waals surface area contributed by atoms with Gasteiger partial charge >= 0.3 is 0 Å². The minimum absolute atomic E-state index is 0.0826. The van der Waals surface area contributed by atoms with E-state index >= 15 is 0 Å². The van der Waals surface area contributed by atoms with Crippen molar-refractivity contribution in [2.24, 2.45) is 0 Å². The molecular weight excluding hydrogens is 420 g/mol. The highest BCUT2D eigenvalue weighted by Gasteiger charge is 2.31. The molecule has 1 atom stereocenters. The topological polar surface area (TPSA) is 75.4 Å². The van der Waals surface area contributed by atoms with Gasteiger partial charge in [0.05, 0.1) is 0 Å². The Bertz CT molecular complexity index is 1050. The largest absolute Gasteiger partial charge is 0.358 e. The van der Waals surface area contributed by atoms with Crippen molar-refractivity contribution in [3.05, 3.63) is 45.3 Å². The first-order valence-corrected chi connectivity index (χ1v) is 10.2. The van der Waals surface area contributed by atoms with Gasteiger partial charge in [0, 0.05) is 28.5 Å². The van der Waals surface area contributed by atoms with Gasteiger partial charge in [-0.1, -0.05) is 15.9 Å². The van der Waals surface area contributed by atoms with Crippen molar-refractivity contribution in [1.82, 2.24) is 19.6 Å². The summed E-state index contributed by atoms with van der Waals surface area (Å²) in [6, 6.07) is 5.70. The number of fused-ring (bicyclic) bond motifs is 1. The van der Waals surface area contributed by atoms with Crippen molar-refractivity contribution in [1.29, 1.82) is 0 Å². The molecule has 1 N–H and O–H groups in total. The molecule has 0 bridgehead atoms. The third-order valence-electron chi connectivity index (χ3n) is 5.03. The number of hydrogen-bond acceptors (Lipinski definition) is 5. The molecule has 146 valence electrons. The number of nitrogens with one attached hydrogen (secondary N) is 1. The standard InChI is InChI=1S/C20H23BrN6O/c1-11-8-15(21)9-12(2)18(11)26-7-5-6-16(19(26)28)24-17-10-13(3)22-20-23-14(4)25-27(17)20/h8-10,16,24H,5-7H2,1-4H3. The summed E-state index contributed by atoms with van der Waals surface area (Å²) in [5.74, 6) is 2.02. The Morgan fingerprint density at radius 1 is 1.11 bits per heavy atom. The number of benzene rings is 1. The lowest BCUT2D eigenvalue weighted by Crippen LogP contribution is -2.48. The number of anilines is 2. The molecule has 1 aromatic carbocycles. The average Bonchev–Trinajstić information content (AvgIpc) is 2.97. The van der Waals surface area contributed by atoms with Crippen LogP contribution in [0.1, 0.15) is 35.5 Å². The number of hydrogen-bond donors (Lipinski definition) is 1. The zero-order chi connectivity index (χ0) is 20.0. The number of halogens is 1. The van der Waals surface area contributed by atoms with Gasteiger partial charge in [-0.05, 0) is 63.8 Å². The molecular formula is C20H23BrN6O. The molecule has 1 fully saturated rings. The van der Waals surface area contributed by atoms with Crippen molar-refractivity contribution in [3.8, 4) is 0 Å². The van der Waals surface area contributed by atoms with E-state index in [0.717, 1.165) is 52.2 Å². The molecule has 7 nitrogen and oxygen atoms in total. The maximum Gasteiger partial charge on any atom is 0.254 e. The maximum absolute atomic E-state index is 13.3. The van der Waals surface area contributed by atoms with E-state index in [2.05, 4.69) is 48.4 Å². The molecule has 1 unspecified atom stereocenters. The van der Waals surface area contributed by atoms with Crippen molar-refractivity contribution in [3.63, 3.8) is 0 Å². The summed E-state index contributed by atoms with van der Waals surface area (Å²) in [6.07, 6.45) is 1.71. The molecule has 0 aliphatic carbocycles. The smallest absolute Gasteiger partial charge is 0.254 e. The van der Waals surface area contributed by atoms with Gasteiger partial charge in [-0.15, -0.1) is 5.10 Å². The van der Waals surface area contributed by atoms with Crippen LogP contribution in [0, 0.1) is 27.7 Å². The second-order valence-electron chi connectivity index (χ2n) is 7.37. The average molecular weight is 443 g/mol. The Hall–Kier alpha value is -2.48. The van der Waals surface area contributed by atoms with Crippen LogP contribution in [-0.4, -0.2) is 38.1 Å². The van der Waals surface area contributed by atoms with Gasteiger partial charge in [-0.25, -0.2) is 4.98 Å². The van der Waals surface area contributed by atoms with E-state index < -0.39 is 0 Å². The number of nitrogens with zero attached hydrogens (tertiary/aromatic N) is 5. The first-order valence-electron chi connectivity index (χ1n) is 9.39. The lowest BCUT2D eigenvalue weighted by atomic mass is 10.0. The molecule has 0 saturated carbocycles. The quantitative estimate of drug-likeness (QED) is 0.668. The Balaban J connectivity index is 1.67. The molecule has 0 radical (unpaired) electrons. The van der Waals surface area contributed by atoms with Crippen LogP contribution in [0.2, 0.25) is 0 Å². The molecule has 1 saturated heterocycles. The summed E-state index contributed by atoms with van der Waals surface area (Å²) in [5.41, 5.74) is 4.03. The van der Waals surface area contributed by atoms with Crippen LogP contribution in [0.25, 0.3) is 5.78 Å². The van der Waals surface area contributed by atoms with Crippen molar-refractivity contribution in [2.75, 3.05) is 16.8 Å². The van der Waals surface area contributed by atoms with E-state index in [0.29, 0.717) is 11.6 Å². The molecule has 3 aromatic rings. The predicted molar refractivity (Wildman–Crippen MR) is 113 cm³/mol. The number of aromatic nitrogens is 4. The fourth-order valence-corrected chi connectivity index (χ4v) is 4.61. The minimum Gasteiger partial charge on any atom is -0.358 e. The first kappa shape index (κ1) is 18.9. The fourth-order valence-electron chi connectivity index (χ4n) is 3.93. The Labute approximate surface area is 172 Å². The van der Waals surface area contributed by atoms with Crippen LogP contribution in [0.5, 0.6) is 0 Å². The number of amides is 1. The monoisotopic (exact) mass is 442 g/mol. The van der Waals surface area contributed by atoms with Crippen molar-refractivity contribution in [2.45, 2.75) is 46.6 Å². The highest BCUT2D eigenvalue weighted by Crippen LogP contribution is 2.32. The lowest BCUT2D eigenvalue weighted by molar-refractivity contribution is -0.120. The van der Waals surface area contributed by atoms with Crippen molar-refractivity contribution >= 4 is 39.1 Å². The second-order valence-corrected chi connectivity index (χ2v) is 8.29. The van der Waals surface area contributed by atoms with Gasteiger partial charge in [0.1, 0.15) is 17.7 Å². The van der Waals surface area contributed by atoms with E-state index in [1.165, 1.54) is 0 Å². The van der Waals surface area contributed by atoms with Crippen LogP contribution in [0.3, 0.4) is 0 Å². The van der Waals surface area contributed by atoms with Gasteiger partial charge < -0.3 is 10.2 Å². The zero-order valence-electron chi connectivity index (χ0n) is 16.5. The van der Waals surface area contributed by atoms with Gasteiger partial charge in [0.2, 0.25) is 5.91 Å². The lowest BCUT2D eigenvalue weighted by Gasteiger charge is -2.35. The van der Waals surface area contributed by atoms with E-state index in [9.17, 15) is 4.79 Å². The summed E-state index contributed by atoms with van der Waals surface area (Å²) >= 11 is 3.54. The summed E-state index contributed by atoms with van der Waals surface area (Å²) in [5, 5.41) is 7.81. The molecule has 1 aliphatic heterocycles. The maximum atomic E-state index is 13.3. The number of piperidine rings is 1. The number of rotatable bonds is 3.